The van der Waals surface area contributed by atoms with Crippen LogP contribution in [0.5, 0.6) is 5.75 Å². The van der Waals surface area contributed by atoms with Gasteiger partial charge < -0.3 is 5.11 Å². The zero-order valence-corrected chi connectivity index (χ0v) is 11.9. The maximum atomic E-state index is 12.4. The van der Waals surface area contributed by atoms with Gasteiger partial charge in [0.2, 0.25) is 0 Å². The van der Waals surface area contributed by atoms with Gasteiger partial charge in [-0.15, -0.1) is 0 Å². The van der Waals surface area contributed by atoms with Crippen LogP contribution in [-0.4, -0.2) is 16.9 Å². The maximum Gasteiger partial charge on any atom is 0.282 e. The second-order valence-corrected chi connectivity index (χ2v) is 5.04. The molecule has 2 aromatic rings. The third kappa shape index (κ3) is 2.44. The number of rotatable bonds is 2. The molecule has 5 nitrogen and oxygen atoms in total. The predicted octanol–water partition coefficient (Wildman–Crippen LogP) is 2.16. The van der Waals surface area contributed by atoms with Gasteiger partial charge in [0.1, 0.15) is 11.3 Å². The zero-order chi connectivity index (χ0) is 15.7. The average molecular weight is 294 g/mol. The van der Waals surface area contributed by atoms with Crippen LogP contribution in [0.1, 0.15) is 11.1 Å². The molecule has 3 rings (SSSR count). The van der Waals surface area contributed by atoms with Crippen molar-refractivity contribution in [2.45, 2.75) is 6.92 Å². The summed E-state index contributed by atoms with van der Waals surface area (Å²) in [7, 11) is 0. The van der Waals surface area contributed by atoms with Crippen molar-refractivity contribution in [2.75, 3.05) is 5.01 Å². The third-order valence-corrected chi connectivity index (χ3v) is 3.39. The number of hydrogen-bond donors (Lipinski definition) is 2. The number of hydrogen-bond acceptors (Lipinski definition) is 3. The van der Waals surface area contributed by atoms with Crippen LogP contribution >= 0.6 is 0 Å². The molecule has 22 heavy (non-hydrogen) atoms. The molecule has 0 radical (unpaired) electrons. The van der Waals surface area contributed by atoms with Gasteiger partial charge in [-0.25, -0.2) is 5.01 Å². The number of aryl methyl sites for hydroxylation is 1. The fraction of sp³-hybridized carbons (Fsp3) is 0.0588. The van der Waals surface area contributed by atoms with Gasteiger partial charge >= 0.3 is 0 Å². The standard InChI is InChI=1S/C17H14N2O3/c1-11-5-4-7-13(9-11)19-17(22)14(16(21)18-19)10-12-6-2-3-8-15(12)20/h2-10,20H,1H3,(H,18,21)/b14-10+. The van der Waals surface area contributed by atoms with E-state index in [0.29, 0.717) is 11.3 Å². The highest BCUT2D eigenvalue weighted by Gasteiger charge is 2.34. The van der Waals surface area contributed by atoms with E-state index >= 15 is 0 Å². The van der Waals surface area contributed by atoms with Crippen molar-refractivity contribution in [1.82, 2.24) is 5.43 Å². The van der Waals surface area contributed by atoms with E-state index < -0.39 is 11.8 Å². The van der Waals surface area contributed by atoms with Crippen molar-refractivity contribution < 1.29 is 14.7 Å². The van der Waals surface area contributed by atoms with E-state index in [0.717, 1.165) is 5.56 Å². The van der Waals surface area contributed by atoms with E-state index in [1.807, 2.05) is 19.1 Å². The number of phenols is 1. The Morgan fingerprint density at radius 3 is 2.59 bits per heavy atom. The fourth-order valence-electron chi connectivity index (χ4n) is 2.27. The number of amides is 2. The van der Waals surface area contributed by atoms with Gasteiger partial charge in [-0.2, -0.15) is 0 Å². The van der Waals surface area contributed by atoms with E-state index in [-0.39, 0.29) is 11.3 Å². The van der Waals surface area contributed by atoms with Crippen LogP contribution in [0, 0.1) is 6.92 Å². The summed E-state index contributed by atoms with van der Waals surface area (Å²) in [4.78, 5) is 24.5. The Hall–Kier alpha value is -3.08. The molecule has 2 N–H and O–H groups in total. The van der Waals surface area contributed by atoms with Crippen LogP contribution in [0.25, 0.3) is 6.08 Å². The zero-order valence-electron chi connectivity index (χ0n) is 11.9. The first-order chi connectivity index (χ1) is 10.6. The van der Waals surface area contributed by atoms with E-state index in [9.17, 15) is 14.7 Å². The van der Waals surface area contributed by atoms with E-state index in [1.165, 1.54) is 17.2 Å². The van der Waals surface area contributed by atoms with Crippen molar-refractivity contribution in [3.8, 4) is 5.75 Å². The first-order valence-corrected chi connectivity index (χ1v) is 6.78. The van der Waals surface area contributed by atoms with Gasteiger partial charge in [0.15, 0.2) is 0 Å². The van der Waals surface area contributed by atoms with Crippen molar-refractivity contribution in [3.63, 3.8) is 0 Å². The smallest absolute Gasteiger partial charge is 0.282 e. The minimum Gasteiger partial charge on any atom is -0.507 e. The van der Waals surface area contributed by atoms with Crippen LogP contribution < -0.4 is 10.4 Å². The molecule has 5 heteroatoms. The Bertz CT molecular complexity index is 796. The molecule has 2 aromatic carbocycles. The van der Waals surface area contributed by atoms with E-state index in [4.69, 9.17) is 0 Å². The molecule has 1 fully saturated rings. The lowest BCUT2D eigenvalue weighted by Gasteiger charge is -2.14. The topological polar surface area (TPSA) is 69.6 Å². The van der Waals surface area contributed by atoms with Crippen molar-refractivity contribution >= 4 is 23.6 Å². The van der Waals surface area contributed by atoms with Crippen LogP contribution in [0.3, 0.4) is 0 Å². The number of benzene rings is 2. The molecule has 0 saturated carbocycles. The summed E-state index contributed by atoms with van der Waals surface area (Å²) in [6.07, 6.45) is 1.39. The molecule has 1 heterocycles. The number of aromatic hydroxyl groups is 1. The van der Waals surface area contributed by atoms with Crippen LogP contribution in [0.15, 0.2) is 54.1 Å². The number of hydrazine groups is 1. The molecule has 0 aliphatic carbocycles. The second-order valence-electron chi connectivity index (χ2n) is 5.04. The summed E-state index contributed by atoms with van der Waals surface area (Å²) < 4.78 is 0. The highest BCUT2D eigenvalue weighted by molar-refractivity contribution is 6.31. The van der Waals surface area contributed by atoms with Crippen LogP contribution in [0.4, 0.5) is 5.69 Å². The first kappa shape index (κ1) is 13.9. The minimum atomic E-state index is -0.491. The van der Waals surface area contributed by atoms with Gasteiger partial charge in [-0.3, -0.25) is 15.0 Å². The number of para-hydroxylation sites is 1. The number of carbonyl (C=O) groups is 2. The molecule has 1 aliphatic rings. The molecular weight excluding hydrogens is 280 g/mol. The Morgan fingerprint density at radius 1 is 1.09 bits per heavy atom. The van der Waals surface area contributed by atoms with Crippen molar-refractivity contribution in [3.05, 3.63) is 65.2 Å². The van der Waals surface area contributed by atoms with Gasteiger partial charge in [0.25, 0.3) is 11.8 Å². The number of phenolic OH excluding ortho intramolecular Hbond substituents is 1. The van der Waals surface area contributed by atoms with Crippen LogP contribution in [-0.2, 0) is 9.59 Å². The number of anilines is 1. The molecule has 0 unspecified atom stereocenters. The Kier molecular flexibility index (Phi) is 3.39. The molecule has 0 spiro atoms. The average Bonchev–Trinajstić information content (AvgIpc) is 2.77. The molecule has 1 saturated heterocycles. The fourth-order valence-corrected chi connectivity index (χ4v) is 2.27. The third-order valence-electron chi connectivity index (χ3n) is 3.39. The highest BCUT2D eigenvalue weighted by atomic mass is 16.3. The highest BCUT2D eigenvalue weighted by Crippen LogP contribution is 2.24. The Morgan fingerprint density at radius 2 is 1.86 bits per heavy atom. The molecule has 0 atom stereocenters. The Labute approximate surface area is 127 Å². The van der Waals surface area contributed by atoms with Gasteiger partial charge in [-0.05, 0) is 36.8 Å². The second kappa shape index (κ2) is 5.37. The van der Waals surface area contributed by atoms with Gasteiger partial charge in [-0.1, -0.05) is 30.3 Å². The minimum absolute atomic E-state index is 0.0111. The lowest BCUT2D eigenvalue weighted by Crippen LogP contribution is -2.35. The summed E-state index contributed by atoms with van der Waals surface area (Å²) in [6, 6.07) is 13.8. The van der Waals surface area contributed by atoms with Crippen molar-refractivity contribution in [2.24, 2.45) is 0 Å². The molecule has 0 aromatic heterocycles. The number of nitrogens with zero attached hydrogens (tertiary/aromatic N) is 1. The number of nitrogens with one attached hydrogen (secondary N) is 1. The molecule has 110 valence electrons. The number of carbonyl (C=O) groups excluding carboxylic acids is 2. The maximum absolute atomic E-state index is 12.4. The van der Waals surface area contributed by atoms with E-state index in [1.54, 1.807) is 30.3 Å². The predicted molar refractivity (Wildman–Crippen MR) is 82.9 cm³/mol. The first-order valence-electron chi connectivity index (χ1n) is 6.78. The summed E-state index contributed by atoms with van der Waals surface area (Å²) in [5, 5.41) is 11.0. The van der Waals surface area contributed by atoms with E-state index in [2.05, 4.69) is 5.43 Å². The summed E-state index contributed by atoms with van der Waals surface area (Å²) in [5.41, 5.74) is 4.52. The molecular formula is C17H14N2O3. The monoisotopic (exact) mass is 294 g/mol. The van der Waals surface area contributed by atoms with Crippen molar-refractivity contribution in [1.29, 1.82) is 0 Å². The van der Waals surface area contributed by atoms with Gasteiger partial charge in [0, 0.05) is 5.56 Å². The summed E-state index contributed by atoms with van der Waals surface area (Å²) in [6.45, 7) is 1.91. The Balaban J connectivity index is 1.97. The quantitative estimate of drug-likeness (QED) is 0.658. The van der Waals surface area contributed by atoms with Crippen LogP contribution in [0.2, 0.25) is 0 Å². The largest absolute Gasteiger partial charge is 0.507 e. The van der Waals surface area contributed by atoms with Gasteiger partial charge in [0.05, 0.1) is 5.69 Å². The SMILES string of the molecule is Cc1cccc(N2NC(=O)/C(=C\c3ccccc3O)C2=O)c1. The molecule has 1 aliphatic heterocycles. The summed E-state index contributed by atoms with van der Waals surface area (Å²) in [5.74, 6) is -0.918. The lowest BCUT2D eigenvalue weighted by molar-refractivity contribution is -0.117. The summed E-state index contributed by atoms with van der Waals surface area (Å²) >= 11 is 0. The lowest BCUT2D eigenvalue weighted by atomic mass is 10.1. The normalized spacial score (nSPS) is 16.2. The molecule has 2 amide bonds. The molecule has 0 bridgehead atoms.